The van der Waals surface area contributed by atoms with E-state index in [-0.39, 0.29) is 31.7 Å². The molecule has 2 aromatic rings. The van der Waals surface area contributed by atoms with Gasteiger partial charge in [-0.05, 0) is 43.0 Å². The quantitative estimate of drug-likeness (QED) is 0.803. The van der Waals surface area contributed by atoms with Crippen molar-refractivity contribution in [3.8, 4) is 5.75 Å². The van der Waals surface area contributed by atoms with Crippen LogP contribution in [0.4, 0.5) is 18.0 Å². The Morgan fingerprint density at radius 2 is 2.04 bits per heavy atom. The van der Waals surface area contributed by atoms with Crippen LogP contribution in [-0.2, 0) is 11.2 Å². The number of phenolic OH excluding ortho intramolecular Hbond substituents is 1. The van der Waals surface area contributed by atoms with Gasteiger partial charge in [-0.25, -0.2) is 4.79 Å². The van der Waals surface area contributed by atoms with Crippen LogP contribution in [0.5, 0.6) is 5.75 Å². The summed E-state index contributed by atoms with van der Waals surface area (Å²) < 4.78 is 38.9. The minimum absolute atomic E-state index is 0.0587. The van der Waals surface area contributed by atoms with Gasteiger partial charge in [0, 0.05) is 30.2 Å². The van der Waals surface area contributed by atoms with Gasteiger partial charge in [0.05, 0.1) is 5.92 Å². The molecule has 144 valence electrons. The lowest BCUT2D eigenvalue weighted by atomic mass is 9.91. The Kier molecular flexibility index (Phi) is 4.05. The number of aromatic nitrogens is 1. The number of aromatic amines is 1. The maximum atomic E-state index is 13.0. The van der Waals surface area contributed by atoms with Crippen molar-refractivity contribution in [2.75, 3.05) is 13.1 Å². The number of phenols is 1. The van der Waals surface area contributed by atoms with Gasteiger partial charge in [0.1, 0.15) is 11.8 Å². The molecular formula is C18H18F3N3O3. The fourth-order valence-electron chi connectivity index (χ4n) is 3.97. The van der Waals surface area contributed by atoms with Crippen LogP contribution in [0, 0.1) is 5.92 Å². The number of alkyl halides is 3. The van der Waals surface area contributed by atoms with E-state index < -0.39 is 30.1 Å². The number of imide groups is 1. The smallest absolute Gasteiger partial charge is 0.391 e. The van der Waals surface area contributed by atoms with Gasteiger partial charge in [-0.15, -0.1) is 0 Å². The minimum atomic E-state index is -4.35. The molecule has 0 radical (unpaired) electrons. The monoisotopic (exact) mass is 381 g/mol. The number of piperidine rings is 1. The zero-order valence-corrected chi connectivity index (χ0v) is 14.3. The highest BCUT2D eigenvalue weighted by molar-refractivity contribution is 6.04. The first-order valence-corrected chi connectivity index (χ1v) is 8.73. The summed E-state index contributed by atoms with van der Waals surface area (Å²) >= 11 is 0. The molecule has 3 heterocycles. The number of fused-ring (bicyclic) bond motifs is 2. The summed E-state index contributed by atoms with van der Waals surface area (Å²) in [5.74, 6) is -2.00. The number of benzene rings is 1. The Labute approximate surface area is 152 Å². The first kappa shape index (κ1) is 17.7. The van der Waals surface area contributed by atoms with E-state index in [2.05, 4.69) is 4.98 Å². The van der Waals surface area contributed by atoms with Gasteiger partial charge in [0.15, 0.2) is 0 Å². The highest BCUT2D eigenvalue weighted by Gasteiger charge is 2.52. The van der Waals surface area contributed by atoms with Gasteiger partial charge in [0.2, 0.25) is 0 Å². The summed E-state index contributed by atoms with van der Waals surface area (Å²) in [6.07, 6.45) is -2.80. The molecule has 4 rings (SSSR count). The van der Waals surface area contributed by atoms with E-state index in [9.17, 15) is 27.9 Å². The zero-order chi connectivity index (χ0) is 19.3. The standard InChI is InChI=1S/C18H18F3N3O3/c19-18(20,21)11-4-6-23-15(7-11)16(26)24(17(23)27)5-3-10-9-22-14-2-1-12(25)8-13(10)14/h1-2,8-9,11,15,22,25H,3-7H2. The van der Waals surface area contributed by atoms with Crippen LogP contribution in [0.15, 0.2) is 24.4 Å². The van der Waals surface area contributed by atoms with Gasteiger partial charge < -0.3 is 15.0 Å². The summed E-state index contributed by atoms with van der Waals surface area (Å²) in [6, 6.07) is 3.31. The molecule has 0 bridgehead atoms. The summed E-state index contributed by atoms with van der Waals surface area (Å²) in [7, 11) is 0. The Morgan fingerprint density at radius 3 is 2.78 bits per heavy atom. The number of urea groups is 1. The summed E-state index contributed by atoms with van der Waals surface area (Å²) in [5, 5.41) is 10.4. The number of nitrogens with zero attached hydrogens (tertiary/aromatic N) is 2. The number of nitrogens with one attached hydrogen (secondary N) is 1. The molecule has 3 amide bonds. The molecule has 0 aliphatic carbocycles. The van der Waals surface area contributed by atoms with Crippen LogP contribution in [0.25, 0.3) is 10.9 Å². The third kappa shape index (κ3) is 3.00. The molecule has 2 aliphatic rings. The summed E-state index contributed by atoms with van der Waals surface area (Å²) in [6.45, 7) is 0.0286. The molecular weight excluding hydrogens is 363 g/mol. The third-order valence-corrected chi connectivity index (χ3v) is 5.45. The molecule has 2 N–H and O–H groups in total. The highest BCUT2D eigenvalue weighted by Crippen LogP contribution is 2.39. The van der Waals surface area contributed by atoms with Crippen LogP contribution in [0.2, 0.25) is 0 Å². The molecule has 1 aromatic heterocycles. The predicted molar refractivity (Wildman–Crippen MR) is 90.0 cm³/mol. The Balaban J connectivity index is 1.49. The molecule has 2 atom stereocenters. The van der Waals surface area contributed by atoms with E-state index >= 15 is 0 Å². The lowest BCUT2D eigenvalue weighted by Crippen LogP contribution is -2.45. The van der Waals surface area contributed by atoms with Gasteiger partial charge in [0.25, 0.3) is 5.91 Å². The van der Waals surface area contributed by atoms with Crippen LogP contribution in [0.1, 0.15) is 18.4 Å². The van der Waals surface area contributed by atoms with Crippen molar-refractivity contribution in [3.05, 3.63) is 30.0 Å². The highest BCUT2D eigenvalue weighted by atomic mass is 19.4. The van der Waals surface area contributed by atoms with Crippen LogP contribution in [0.3, 0.4) is 0 Å². The molecule has 2 aliphatic heterocycles. The maximum Gasteiger partial charge on any atom is 0.391 e. The van der Waals surface area contributed by atoms with Crippen molar-refractivity contribution in [3.63, 3.8) is 0 Å². The Hall–Kier alpha value is -2.71. The maximum absolute atomic E-state index is 13.0. The number of amides is 3. The number of carbonyl (C=O) groups is 2. The number of carbonyl (C=O) groups excluding carboxylic acids is 2. The van der Waals surface area contributed by atoms with Gasteiger partial charge in [-0.1, -0.05) is 0 Å². The molecule has 9 heteroatoms. The van der Waals surface area contributed by atoms with E-state index in [1.54, 1.807) is 24.4 Å². The van der Waals surface area contributed by atoms with Crippen molar-refractivity contribution in [1.82, 2.24) is 14.8 Å². The number of hydrogen-bond acceptors (Lipinski definition) is 3. The molecule has 2 unspecified atom stereocenters. The zero-order valence-electron chi connectivity index (χ0n) is 14.3. The number of aromatic hydroxyl groups is 1. The Morgan fingerprint density at radius 1 is 1.26 bits per heavy atom. The number of halogens is 3. The number of rotatable bonds is 3. The number of hydrogen-bond donors (Lipinski definition) is 2. The first-order valence-electron chi connectivity index (χ1n) is 8.73. The van der Waals surface area contributed by atoms with Gasteiger partial charge in [-0.3, -0.25) is 9.69 Å². The SMILES string of the molecule is O=C1C2CC(C(F)(F)F)CCN2C(=O)N1CCc1c[nH]c2ccc(O)cc12. The fraction of sp³-hybridized carbons (Fsp3) is 0.444. The van der Waals surface area contributed by atoms with Crippen molar-refractivity contribution in [1.29, 1.82) is 0 Å². The van der Waals surface area contributed by atoms with Gasteiger partial charge >= 0.3 is 12.2 Å². The molecule has 27 heavy (non-hydrogen) atoms. The van der Waals surface area contributed by atoms with Crippen molar-refractivity contribution in [2.45, 2.75) is 31.5 Å². The molecule has 2 saturated heterocycles. The average Bonchev–Trinajstić information content (AvgIpc) is 3.12. The van der Waals surface area contributed by atoms with E-state index in [1.165, 1.54) is 4.90 Å². The van der Waals surface area contributed by atoms with E-state index in [0.717, 1.165) is 21.4 Å². The lowest BCUT2D eigenvalue weighted by Gasteiger charge is -2.33. The topological polar surface area (TPSA) is 76.6 Å². The molecule has 6 nitrogen and oxygen atoms in total. The second-order valence-corrected chi connectivity index (χ2v) is 7.04. The predicted octanol–water partition coefficient (Wildman–Crippen LogP) is 3.02. The molecule has 0 saturated carbocycles. The van der Waals surface area contributed by atoms with E-state index in [1.807, 2.05) is 0 Å². The minimum Gasteiger partial charge on any atom is -0.508 e. The summed E-state index contributed by atoms with van der Waals surface area (Å²) in [5.41, 5.74) is 1.63. The van der Waals surface area contributed by atoms with E-state index in [0.29, 0.717) is 6.42 Å². The molecule has 0 spiro atoms. The molecule has 2 fully saturated rings. The van der Waals surface area contributed by atoms with Crippen LogP contribution >= 0.6 is 0 Å². The van der Waals surface area contributed by atoms with Crippen LogP contribution in [-0.4, -0.2) is 57.1 Å². The largest absolute Gasteiger partial charge is 0.508 e. The third-order valence-electron chi connectivity index (χ3n) is 5.45. The normalized spacial score (nSPS) is 23.4. The van der Waals surface area contributed by atoms with E-state index in [4.69, 9.17) is 0 Å². The number of H-pyrrole nitrogens is 1. The second kappa shape index (κ2) is 6.17. The van der Waals surface area contributed by atoms with Crippen molar-refractivity contribution >= 4 is 22.8 Å². The van der Waals surface area contributed by atoms with Gasteiger partial charge in [-0.2, -0.15) is 13.2 Å². The average molecular weight is 381 g/mol. The Bertz CT molecular complexity index is 908. The lowest BCUT2D eigenvalue weighted by molar-refractivity contribution is -0.187. The van der Waals surface area contributed by atoms with Crippen LogP contribution < -0.4 is 0 Å². The van der Waals surface area contributed by atoms with Crippen molar-refractivity contribution < 1.29 is 27.9 Å². The first-order chi connectivity index (χ1) is 12.8. The fourth-order valence-corrected chi connectivity index (χ4v) is 3.97. The second-order valence-electron chi connectivity index (χ2n) is 7.04. The van der Waals surface area contributed by atoms with Crippen molar-refractivity contribution in [2.24, 2.45) is 5.92 Å². The molecule has 1 aromatic carbocycles. The summed E-state index contributed by atoms with van der Waals surface area (Å²) in [4.78, 5) is 30.4.